The van der Waals surface area contributed by atoms with Gasteiger partial charge in [-0.3, -0.25) is 10.1 Å². The molecule has 0 aliphatic carbocycles. The Balaban J connectivity index is 2.21. The van der Waals surface area contributed by atoms with Crippen LogP contribution in [-0.2, 0) is 10.5 Å². The monoisotopic (exact) mass is 257 g/mol. The summed E-state index contributed by atoms with van der Waals surface area (Å²) in [5, 5.41) is 18.9. The lowest BCUT2D eigenvalue weighted by atomic mass is 10.2. The summed E-state index contributed by atoms with van der Waals surface area (Å²) in [6.07, 6.45) is 0. The van der Waals surface area contributed by atoms with Gasteiger partial charge < -0.3 is 9.84 Å². The van der Waals surface area contributed by atoms with Crippen molar-refractivity contribution in [2.24, 2.45) is 0 Å². The first-order chi connectivity index (χ1) is 8.24. The van der Waals surface area contributed by atoms with Crippen LogP contribution in [0.15, 0.2) is 24.3 Å². The molecular weight excluding hydrogens is 242 g/mol. The van der Waals surface area contributed by atoms with Gasteiger partial charge in [-0.05, 0) is 5.56 Å². The minimum absolute atomic E-state index is 0.0486. The Morgan fingerprint density at radius 1 is 1.29 bits per heavy atom. The third-order valence-electron chi connectivity index (χ3n) is 2.02. The molecule has 1 aromatic rings. The second kappa shape index (κ2) is 8.05. The van der Waals surface area contributed by atoms with Gasteiger partial charge in [0, 0.05) is 23.6 Å². The normalized spacial score (nSPS) is 10.4. The molecule has 0 fully saturated rings. The van der Waals surface area contributed by atoms with Gasteiger partial charge in [0.2, 0.25) is 0 Å². The SMILES string of the molecule is O=[N+]([O-])c1ccc(CSCCOCCO)cc1. The van der Waals surface area contributed by atoms with Crippen LogP contribution in [0.5, 0.6) is 0 Å². The van der Waals surface area contributed by atoms with Gasteiger partial charge in [0.15, 0.2) is 0 Å². The van der Waals surface area contributed by atoms with Gasteiger partial charge in [0.25, 0.3) is 5.69 Å². The number of thioether (sulfide) groups is 1. The molecule has 0 aliphatic rings. The summed E-state index contributed by atoms with van der Waals surface area (Å²) in [7, 11) is 0. The van der Waals surface area contributed by atoms with E-state index in [-0.39, 0.29) is 12.3 Å². The van der Waals surface area contributed by atoms with E-state index in [2.05, 4.69) is 0 Å². The largest absolute Gasteiger partial charge is 0.394 e. The second-order valence-electron chi connectivity index (χ2n) is 3.31. The van der Waals surface area contributed by atoms with Crippen LogP contribution in [0.2, 0.25) is 0 Å². The first kappa shape index (κ1) is 14.0. The molecule has 0 amide bonds. The molecule has 94 valence electrons. The second-order valence-corrected chi connectivity index (χ2v) is 4.42. The minimum atomic E-state index is -0.403. The number of aliphatic hydroxyl groups excluding tert-OH is 1. The summed E-state index contributed by atoms with van der Waals surface area (Å²) in [6.45, 7) is 1.03. The smallest absolute Gasteiger partial charge is 0.269 e. The summed E-state index contributed by atoms with van der Waals surface area (Å²) < 4.78 is 5.11. The zero-order valence-electron chi connectivity index (χ0n) is 9.37. The number of rotatable bonds is 8. The van der Waals surface area contributed by atoms with Gasteiger partial charge in [-0.25, -0.2) is 0 Å². The molecule has 5 nitrogen and oxygen atoms in total. The van der Waals surface area contributed by atoms with E-state index in [0.29, 0.717) is 13.2 Å². The number of nitro benzene ring substituents is 1. The van der Waals surface area contributed by atoms with E-state index in [4.69, 9.17) is 9.84 Å². The number of hydrogen-bond acceptors (Lipinski definition) is 5. The Bertz CT molecular complexity index is 342. The first-order valence-corrected chi connectivity index (χ1v) is 6.39. The molecule has 0 spiro atoms. The van der Waals surface area contributed by atoms with E-state index < -0.39 is 4.92 Å². The molecule has 1 N–H and O–H groups in total. The van der Waals surface area contributed by atoms with E-state index in [0.717, 1.165) is 17.1 Å². The van der Waals surface area contributed by atoms with Crippen molar-refractivity contribution < 1.29 is 14.8 Å². The van der Waals surface area contributed by atoms with E-state index in [1.165, 1.54) is 12.1 Å². The molecule has 0 bridgehead atoms. The minimum Gasteiger partial charge on any atom is -0.394 e. The summed E-state index contributed by atoms with van der Waals surface area (Å²) in [6, 6.07) is 6.55. The third kappa shape index (κ3) is 5.67. The van der Waals surface area contributed by atoms with Crippen molar-refractivity contribution in [3.63, 3.8) is 0 Å². The molecule has 0 saturated carbocycles. The fourth-order valence-electron chi connectivity index (χ4n) is 1.19. The van der Waals surface area contributed by atoms with Gasteiger partial charge >= 0.3 is 0 Å². The molecule has 0 aliphatic heterocycles. The predicted octanol–water partition coefficient (Wildman–Crippen LogP) is 1.84. The molecule has 0 saturated heterocycles. The van der Waals surface area contributed by atoms with Gasteiger partial charge in [0.05, 0.1) is 24.7 Å². The van der Waals surface area contributed by atoms with Crippen LogP contribution in [0.1, 0.15) is 5.56 Å². The van der Waals surface area contributed by atoms with Crippen molar-refractivity contribution in [3.05, 3.63) is 39.9 Å². The van der Waals surface area contributed by atoms with E-state index in [1.807, 2.05) is 0 Å². The molecule has 0 aromatic heterocycles. The lowest BCUT2D eigenvalue weighted by Gasteiger charge is -2.02. The van der Waals surface area contributed by atoms with Crippen LogP contribution in [0.25, 0.3) is 0 Å². The molecule has 0 atom stereocenters. The first-order valence-electron chi connectivity index (χ1n) is 5.23. The van der Waals surface area contributed by atoms with Crippen LogP contribution < -0.4 is 0 Å². The topological polar surface area (TPSA) is 72.6 Å². The highest BCUT2D eigenvalue weighted by Gasteiger charge is 2.03. The van der Waals surface area contributed by atoms with Crippen molar-refractivity contribution in [1.29, 1.82) is 0 Å². The Kier molecular flexibility index (Phi) is 6.61. The van der Waals surface area contributed by atoms with Gasteiger partial charge in [-0.1, -0.05) is 12.1 Å². The number of nitro groups is 1. The molecular formula is C11H15NO4S. The van der Waals surface area contributed by atoms with Gasteiger partial charge in [0.1, 0.15) is 0 Å². The average molecular weight is 257 g/mol. The number of hydrogen-bond donors (Lipinski definition) is 1. The fraction of sp³-hybridized carbons (Fsp3) is 0.455. The zero-order valence-corrected chi connectivity index (χ0v) is 10.2. The lowest BCUT2D eigenvalue weighted by molar-refractivity contribution is -0.384. The summed E-state index contributed by atoms with van der Waals surface area (Å²) in [5.74, 6) is 1.65. The number of nitrogens with zero attached hydrogens (tertiary/aromatic N) is 1. The van der Waals surface area contributed by atoms with Crippen molar-refractivity contribution in [2.45, 2.75) is 5.75 Å². The highest BCUT2D eigenvalue weighted by atomic mass is 32.2. The van der Waals surface area contributed by atoms with E-state index >= 15 is 0 Å². The lowest BCUT2D eigenvalue weighted by Crippen LogP contribution is -2.02. The van der Waals surface area contributed by atoms with Gasteiger partial charge in [-0.2, -0.15) is 11.8 Å². The maximum absolute atomic E-state index is 10.4. The Labute approximate surface area is 104 Å². The maximum atomic E-state index is 10.4. The molecule has 0 heterocycles. The molecule has 1 aromatic carbocycles. The molecule has 0 unspecified atom stereocenters. The predicted molar refractivity (Wildman–Crippen MR) is 67.2 cm³/mol. The Morgan fingerprint density at radius 2 is 2.00 bits per heavy atom. The van der Waals surface area contributed by atoms with Crippen LogP contribution in [-0.4, -0.2) is 35.6 Å². The van der Waals surface area contributed by atoms with Gasteiger partial charge in [-0.15, -0.1) is 0 Å². The Hall–Kier alpha value is -1.11. The highest BCUT2D eigenvalue weighted by Crippen LogP contribution is 2.16. The molecule has 1 rings (SSSR count). The number of non-ortho nitro benzene ring substituents is 1. The number of ether oxygens (including phenoxy) is 1. The van der Waals surface area contributed by atoms with Crippen LogP contribution >= 0.6 is 11.8 Å². The summed E-state index contributed by atoms with van der Waals surface area (Å²) >= 11 is 1.69. The zero-order chi connectivity index (χ0) is 12.5. The average Bonchev–Trinajstić information content (AvgIpc) is 2.34. The van der Waals surface area contributed by atoms with Crippen LogP contribution in [0.4, 0.5) is 5.69 Å². The standard InChI is InChI=1S/C11H15NO4S/c13-5-6-16-7-8-17-9-10-1-3-11(4-2-10)12(14)15/h1-4,13H,5-9H2. The number of benzene rings is 1. The van der Waals surface area contributed by atoms with Crippen LogP contribution in [0.3, 0.4) is 0 Å². The molecule has 0 radical (unpaired) electrons. The molecule has 6 heteroatoms. The van der Waals surface area contributed by atoms with Crippen molar-refractivity contribution in [3.8, 4) is 0 Å². The van der Waals surface area contributed by atoms with Crippen molar-refractivity contribution in [2.75, 3.05) is 25.6 Å². The third-order valence-corrected chi connectivity index (χ3v) is 3.02. The Morgan fingerprint density at radius 3 is 2.59 bits per heavy atom. The van der Waals surface area contributed by atoms with E-state index in [9.17, 15) is 10.1 Å². The fourth-order valence-corrected chi connectivity index (χ4v) is 2.00. The summed E-state index contributed by atoms with van der Waals surface area (Å²) in [4.78, 5) is 10.0. The highest BCUT2D eigenvalue weighted by molar-refractivity contribution is 7.98. The van der Waals surface area contributed by atoms with Crippen molar-refractivity contribution in [1.82, 2.24) is 0 Å². The van der Waals surface area contributed by atoms with Crippen molar-refractivity contribution >= 4 is 17.4 Å². The quantitative estimate of drug-likeness (QED) is 0.437. The summed E-state index contributed by atoms with van der Waals surface area (Å²) in [5.41, 5.74) is 1.17. The number of aliphatic hydroxyl groups is 1. The van der Waals surface area contributed by atoms with E-state index in [1.54, 1.807) is 23.9 Å². The molecule has 17 heavy (non-hydrogen) atoms. The van der Waals surface area contributed by atoms with Crippen LogP contribution in [0, 0.1) is 10.1 Å². The maximum Gasteiger partial charge on any atom is 0.269 e.